The summed E-state index contributed by atoms with van der Waals surface area (Å²) in [5, 5.41) is 10.0. The van der Waals surface area contributed by atoms with Crippen molar-refractivity contribution in [2.75, 3.05) is 27.4 Å². The van der Waals surface area contributed by atoms with Crippen LogP contribution >= 0.6 is 23.2 Å². The lowest BCUT2D eigenvalue weighted by molar-refractivity contribution is -0.130. The summed E-state index contributed by atoms with van der Waals surface area (Å²) in [6, 6.07) is 10.2. The van der Waals surface area contributed by atoms with Crippen molar-refractivity contribution in [1.82, 2.24) is 0 Å². The van der Waals surface area contributed by atoms with Crippen molar-refractivity contribution in [2.24, 2.45) is 0 Å². The number of halogens is 2. The van der Waals surface area contributed by atoms with E-state index >= 15 is 0 Å². The molecule has 8 heteroatoms. The van der Waals surface area contributed by atoms with Crippen LogP contribution in [0.15, 0.2) is 42.7 Å². The van der Waals surface area contributed by atoms with Crippen LogP contribution in [-0.2, 0) is 20.9 Å². The maximum absolute atomic E-state index is 11.5. The van der Waals surface area contributed by atoms with Crippen LogP contribution in [0.3, 0.4) is 0 Å². The van der Waals surface area contributed by atoms with Gasteiger partial charge in [-0.25, -0.2) is 4.79 Å². The largest absolute Gasteiger partial charge is 0.503 e. The molecule has 1 N–H and O–H groups in total. The van der Waals surface area contributed by atoms with Crippen molar-refractivity contribution in [2.45, 2.75) is 6.61 Å². The van der Waals surface area contributed by atoms with Crippen molar-refractivity contribution in [3.05, 3.63) is 63.8 Å². The third-order valence-electron chi connectivity index (χ3n) is 3.67. The Hall–Kier alpha value is -2.41. The molecular weight excluding hydrogens is 407 g/mol. The zero-order valence-corrected chi connectivity index (χ0v) is 16.9. The highest BCUT2D eigenvalue weighted by molar-refractivity contribution is 6.37. The molecular formula is C20H20Cl2O6. The van der Waals surface area contributed by atoms with Crippen molar-refractivity contribution in [1.29, 1.82) is 0 Å². The lowest BCUT2D eigenvalue weighted by Gasteiger charge is -2.14. The number of carbonyl (C=O) groups is 1. The van der Waals surface area contributed by atoms with Crippen LogP contribution in [0.25, 0.3) is 5.57 Å². The molecule has 0 unspecified atom stereocenters. The van der Waals surface area contributed by atoms with Gasteiger partial charge in [0.2, 0.25) is 0 Å². The van der Waals surface area contributed by atoms with E-state index in [4.69, 9.17) is 42.1 Å². The number of benzene rings is 2. The molecule has 2 aromatic rings. The molecule has 0 aromatic heterocycles. The van der Waals surface area contributed by atoms with Gasteiger partial charge in [-0.15, -0.1) is 0 Å². The number of rotatable bonds is 10. The van der Waals surface area contributed by atoms with Gasteiger partial charge in [-0.2, -0.15) is 0 Å². The van der Waals surface area contributed by atoms with E-state index in [1.54, 1.807) is 43.5 Å². The Balaban J connectivity index is 2.19. The molecule has 0 spiro atoms. The molecule has 0 saturated heterocycles. The molecule has 0 radical (unpaired) electrons. The molecule has 0 saturated carbocycles. The van der Waals surface area contributed by atoms with Crippen molar-refractivity contribution in [3.8, 4) is 11.5 Å². The van der Waals surface area contributed by atoms with Gasteiger partial charge in [-0.05, 0) is 11.1 Å². The maximum Gasteiger partial charge on any atom is 0.339 e. The topological polar surface area (TPSA) is 74.2 Å². The highest BCUT2D eigenvalue weighted by atomic mass is 35.5. The normalized spacial score (nSPS) is 11.2. The Morgan fingerprint density at radius 1 is 1.07 bits per heavy atom. The van der Waals surface area contributed by atoms with E-state index in [1.807, 2.05) is 0 Å². The van der Waals surface area contributed by atoms with Gasteiger partial charge < -0.3 is 24.1 Å². The fourth-order valence-electron chi connectivity index (χ4n) is 2.40. The van der Waals surface area contributed by atoms with Gasteiger partial charge in [-0.3, -0.25) is 0 Å². The molecule has 0 fully saturated rings. The summed E-state index contributed by atoms with van der Waals surface area (Å²) >= 11 is 12.5. The van der Waals surface area contributed by atoms with Gasteiger partial charge in [0, 0.05) is 19.2 Å². The minimum Gasteiger partial charge on any atom is -0.503 e. The molecule has 0 atom stereocenters. The SMILES string of the molecule is COC=C(C(=O)O)c1ccccc1COc1cc(Cl)c(OCCOC)c(Cl)c1. The zero-order chi connectivity index (χ0) is 20.5. The van der Waals surface area contributed by atoms with Crippen LogP contribution in [0, 0.1) is 0 Å². The lowest BCUT2D eigenvalue weighted by Crippen LogP contribution is -2.06. The molecule has 0 aliphatic heterocycles. The van der Waals surface area contributed by atoms with E-state index in [0.717, 1.165) is 0 Å². The van der Waals surface area contributed by atoms with Crippen LogP contribution in [0.4, 0.5) is 0 Å². The van der Waals surface area contributed by atoms with E-state index in [2.05, 4.69) is 0 Å². The molecule has 2 rings (SSSR count). The number of ether oxygens (including phenoxy) is 4. The summed E-state index contributed by atoms with van der Waals surface area (Å²) in [7, 11) is 2.96. The minimum atomic E-state index is -1.10. The van der Waals surface area contributed by atoms with Gasteiger partial charge >= 0.3 is 5.97 Å². The highest BCUT2D eigenvalue weighted by Gasteiger charge is 2.16. The molecule has 28 heavy (non-hydrogen) atoms. The van der Waals surface area contributed by atoms with Crippen LogP contribution in [0.2, 0.25) is 10.0 Å². The third kappa shape index (κ3) is 5.79. The van der Waals surface area contributed by atoms with Crippen molar-refractivity contribution in [3.63, 3.8) is 0 Å². The second-order valence-corrected chi connectivity index (χ2v) is 6.39. The van der Waals surface area contributed by atoms with Gasteiger partial charge in [-0.1, -0.05) is 47.5 Å². The molecule has 2 aromatic carbocycles. The number of hydrogen-bond donors (Lipinski definition) is 1. The number of carboxylic acid groups (broad SMARTS) is 1. The summed E-state index contributed by atoms with van der Waals surface area (Å²) in [5.74, 6) is -0.321. The van der Waals surface area contributed by atoms with Crippen LogP contribution < -0.4 is 9.47 Å². The zero-order valence-electron chi connectivity index (χ0n) is 15.4. The van der Waals surface area contributed by atoms with E-state index in [1.165, 1.54) is 13.4 Å². The monoisotopic (exact) mass is 426 g/mol. The molecule has 0 bridgehead atoms. The quantitative estimate of drug-likeness (QED) is 0.338. The molecule has 150 valence electrons. The summed E-state index contributed by atoms with van der Waals surface area (Å²) in [6.45, 7) is 0.830. The molecule has 0 heterocycles. The average molecular weight is 427 g/mol. The average Bonchev–Trinajstić information content (AvgIpc) is 2.67. The molecule has 0 amide bonds. The first kappa shape index (κ1) is 21.9. The van der Waals surface area contributed by atoms with Crippen molar-refractivity contribution < 1.29 is 28.8 Å². The number of carboxylic acids is 1. The minimum absolute atomic E-state index is 0.0275. The van der Waals surface area contributed by atoms with E-state index in [0.29, 0.717) is 45.9 Å². The second-order valence-electron chi connectivity index (χ2n) is 5.58. The summed E-state index contributed by atoms with van der Waals surface area (Å²) in [5.41, 5.74) is 1.19. The fraction of sp³-hybridized carbons (Fsp3) is 0.250. The number of methoxy groups -OCH3 is 2. The molecule has 0 aliphatic rings. The second kappa shape index (κ2) is 10.8. The van der Waals surface area contributed by atoms with Gasteiger partial charge in [0.15, 0.2) is 5.75 Å². The third-order valence-corrected chi connectivity index (χ3v) is 4.24. The standard InChI is InChI=1S/C20H20Cl2O6/c1-25-7-8-27-19-17(21)9-14(10-18(19)22)28-11-13-5-3-4-6-15(13)16(12-26-2)20(23)24/h3-6,9-10,12H,7-8,11H2,1-2H3,(H,23,24). The lowest BCUT2D eigenvalue weighted by atomic mass is 10.0. The first-order valence-electron chi connectivity index (χ1n) is 8.26. The van der Waals surface area contributed by atoms with E-state index in [-0.39, 0.29) is 12.2 Å². The van der Waals surface area contributed by atoms with E-state index < -0.39 is 5.97 Å². The number of aliphatic carboxylic acids is 1. The van der Waals surface area contributed by atoms with Crippen LogP contribution in [0.5, 0.6) is 11.5 Å². The molecule has 6 nitrogen and oxygen atoms in total. The van der Waals surface area contributed by atoms with Gasteiger partial charge in [0.25, 0.3) is 0 Å². The first-order chi connectivity index (χ1) is 13.5. The highest BCUT2D eigenvalue weighted by Crippen LogP contribution is 2.37. The van der Waals surface area contributed by atoms with Crippen LogP contribution in [0.1, 0.15) is 11.1 Å². The maximum atomic E-state index is 11.5. The Morgan fingerprint density at radius 3 is 2.36 bits per heavy atom. The van der Waals surface area contributed by atoms with Gasteiger partial charge in [0.05, 0.1) is 30.0 Å². The predicted octanol–water partition coefficient (Wildman–Crippen LogP) is 4.67. The van der Waals surface area contributed by atoms with Gasteiger partial charge in [0.1, 0.15) is 24.5 Å². The predicted molar refractivity (Wildman–Crippen MR) is 107 cm³/mol. The fourth-order valence-corrected chi connectivity index (χ4v) is 2.98. The van der Waals surface area contributed by atoms with E-state index in [9.17, 15) is 9.90 Å². The first-order valence-corrected chi connectivity index (χ1v) is 9.01. The Labute approximate surface area is 173 Å². The van der Waals surface area contributed by atoms with Crippen molar-refractivity contribution >= 4 is 34.7 Å². The Kier molecular flexibility index (Phi) is 8.44. The number of hydrogen-bond acceptors (Lipinski definition) is 5. The summed E-state index contributed by atoms with van der Waals surface area (Å²) in [6.07, 6.45) is 1.18. The Bertz CT molecular complexity index is 827. The van der Waals surface area contributed by atoms with Crippen LogP contribution in [-0.4, -0.2) is 38.5 Å². The summed E-state index contributed by atoms with van der Waals surface area (Å²) in [4.78, 5) is 11.5. The Morgan fingerprint density at radius 2 is 1.75 bits per heavy atom. The molecule has 0 aliphatic carbocycles. The smallest absolute Gasteiger partial charge is 0.339 e. The summed E-state index contributed by atoms with van der Waals surface area (Å²) < 4.78 is 21.1.